The minimum atomic E-state index is -0.460. The van der Waals surface area contributed by atoms with Gasteiger partial charge in [-0.05, 0) is 25.2 Å². The van der Waals surface area contributed by atoms with E-state index in [-0.39, 0.29) is 5.69 Å². The molecular formula is C14H17N3O4. The van der Waals surface area contributed by atoms with Crippen LogP contribution in [0.3, 0.4) is 0 Å². The summed E-state index contributed by atoms with van der Waals surface area (Å²) < 4.78 is 4.88. The van der Waals surface area contributed by atoms with E-state index in [1.807, 2.05) is 13.8 Å². The highest BCUT2D eigenvalue weighted by molar-refractivity contribution is 5.63. The number of nitro groups is 1. The van der Waals surface area contributed by atoms with Crippen molar-refractivity contribution in [1.29, 1.82) is 0 Å². The van der Waals surface area contributed by atoms with Gasteiger partial charge in [-0.2, -0.15) is 0 Å². The zero-order chi connectivity index (χ0) is 15.4. The van der Waals surface area contributed by atoms with Crippen LogP contribution in [0.1, 0.15) is 19.4 Å². The van der Waals surface area contributed by atoms with Crippen LogP contribution in [0.4, 0.5) is 5.69 Å². The number of hydrogen-bond acceptors (Lipinski definition) is 5. The maximum Gasteiger partial charge on any atom is 0.362 e. The Kier molecular flexibility index (Phi) is 4.54. The largest absolute Gasteiger partial charge is 0.362 e. The van der Waals surface area contributed by atoms with Crippen molar-refractivity contribution in [2.45, 2.75) is 20.4 Å². The number of benzene rings is 1. The highest BCUT2D eigenvalue weighted by Gasteiger charge is 2.17. The van der Waals surface area contributed by atoms with E-state index in [1.165, 1.54) is 12.1 Å². The number of aromatic nitrogens is 1. The summed E-state index contributed by atoms with van der Waals surface area (Å²) in [4.78, 5) is 24.1. The number of hydrogen-bond donors (Lipinski definition) is 1. The molecule has 2 rings (SSSR count). The normalized spacial score (nSPS) is 11.0. The maximum atomic E-state index is 11.8. The van der Waals surface area contributed by atoms with Gasteiger partial charge in [-0.25, -0.2) is 9.95 Å². The Balaban J connectivity index is 2.36. The van der Waals surface area contributed by atoms with Crippen molar-refractivity contribution in [2.75, 3.05) is 13.1 Å². The lowest BCUT2D eigenvalue weighted by atomic mass is 10.1. The molecule has 0 aliphatic carbocycles. The van der Waals surface area contributed by atoms with Gasteiger partial charge in [0.05, 0.1) is 16.2 Å². The summed E-state index contributed by atoms with van der Waals surface area (Å²) in [7, 11) is 0. The average Bonchev–Trinajstić information content (AvgIpc) is 2.85. The minimum Gasteiger partial charge on any atom is -0.338 e. The topological polar surface area (TPSA) is 92.4 Å². The fraction of sp³-hybridized carbons (Fsp3) is 0.357. The van der Waals surface area contributed by atoms with E-state index in [4.69, 9.17) is 4.52 Å². The van der Waals surface area contributed by atoms with Gasteiger partial charge in [0.1, 0.15) is 0 Å². The van der Waals surface area contributed by atoms with Gasteiger partial charge < -0.3 is 4.52 Å². The van der Waals surface area contributed by atoms with Crippen molar-refractivity contribution in [2.24, 2.45) is 0 Å². The van der Waals surface area contributed by atoms with Crippen molar-refractivity contribution in [3.05, 3.63) is 50.4 Å². The molecule has 0 aliphatic heterocycles. The van der Waals surface area contributed by atoms with E-state index in [0.717, 1.165) is 13.1 Å². The molecule has 7 nitrogen and oxygen atoms in total. The van der Waals surface area contributed by atoms with Crippen LogP contribution in [0.15, 0.2) is 33.6 Å². The van der Waals surface area contributed by atoms with Gasteiger partial charge in [0.15, 0.2) is 0 Å². The molecule has 0 saturated heterocycles. The van der Waals surface area contributed by atoms with Crippen LogP contribution in [0.2, 0.25) is 0 Å². The second kappa shape index (κ2) is 6.36. The van der Waals surface area contributed by atoms with Gasteiger partial charge in [0.25, 0.3) is 5.69 Å². The lowest BCUT2D eigenvalue weighted by molar-refractivity contribution is -0.384. The second-order valence-corrected chi connectivity index (χ2v) is 4.61. The van der Waals surface area contributed by atoms with Crippen LogP contribution in [-0.4, -0.2) is 28.1 Å². The lowest BCUT2D eigenvalue weighted by Gasteiger charge is -2.16. The van der Waals surface area contributed by atoms with E-state index in [0.29, 0.717) is 23.4 Å². The number of nitro benzene ring substituents is 1. The zero-order valence-electron chi connectivity index (χ0n) is 12.0. The molecule has 0 saturated carbocycles. The SMILES string of the molecule is CCN(CC)Cc1c(-c2ccc([N+](=O)[O-])cc2)[nH]oc1=O. The van der Waals surface area contributed by atoms with Crippen LogP contribution in [0.25, 0.3) is 11.3 Å². The van der Waals surface area contributed by atoms with Crippen LogP contribution >= 0.6 is 0 Å². The molecule has 21 heavy (non-hydrogen) atoms. The third-order valence-corrected chi connectivity index (χ3v) is 3.44. The van der Waals surface area contributed by atoms with Gasteiger partial charge in [0, 0.05) is 24.2 Å². The van der Waals surface area contributed by atoms with E-state index >= 15 is 0 Å². The Morgan fingerprint density at radius 3 is 2.38 bits per heavy atom. The van der Waals surface area contributed by atoms with Crippen LogP contribution < -0.4 is 5.63 Å². The number of rotatable bonds is 6. The molecule has 0 unspecified atom stereocenters. The molecule has 0 radical (unpaired) electrons. The molecule has 0 spiro atoms. The van der Waals surface area contributed by atoms with Gasteiger partial charge in [-0.15, -0.1) is 0 Å². The zero-order valence-corrected chi connectivity index (χ0v) is 12.0. The third-order valence-electron chi connectivity index (χ3n) is 3.44. The predicted octanol–water partition coefficient (Wildman–Crippen LogP) is 2.38. The average molecular weight is 291 g/mol. The van der Waals surface area contributed by atoms with Crippen molar-refractivity contribution in [1.82, 2.24) is 10.1 Å². The smallest absolute Gasteiger partial charge is 0.338 e. The molecule has 0 fully saturated rings. The molecular weight excluding hydrogens is 274 g/mol. The molecule has 7 heteroatoms. The van der Waals surface area contributed by atoms with Gasteiger partial charge in [-0.3, -0.25) is 15.0 Å². The summed E-state index contributed by atoms with van der Waals surface area (Å²) in [5.74, 6) is 0. The van der Waals surface area contributed by atoms with Crippen LogP contribution in [0.5, 0.6) is 0 Å². The molecule has 0 amide bonds. The first-order valence-electron chi connectivity index (χ1n) is 6.74. The van der Waals surface area contributed by atoms with Crippen molar-refractivity contribution in [3.63, 3.8) is 0 Å². The van der Waals surface area contributed by atoms with Gasteiger partial charge in [-0.1, -0.05) is 13.8 Å². The quantitative estimate of drug-likeness (QED) is 0.651. The number of H-pyrrole nitrogens is 1. The Labute approximate surface area is 121 Å². The van der Waals surface area contributed by atoms with Crippen molar-refractivity contribution < 1.29 is 9.45 Å². The molecule has 1 aromatic carbocycles. The lowest BCUT2D eigenvalue weighted by Crippen LogP contribution is -2.24. The highest BCUT2D eigenvalue weighted by Crippen LogP contribution is 2.23. The summed E-state index contributed by atoms with van der Waals surface area (Å²) in [6, 6.07) is 6.01. The molecule has 0 atom stereocenters. The Morgan fingerprint density at radius 1 is 1.24 bits per heavy atom. The standard InChI is InChI=1S/C14H17N3O4/c1-3-16(4-2)9-12-13(15-21-14(12)18)10-5-7-11(8-6-10)17(19)20/h5-8,15H,3-4,9H2,1-2H3. The van der Waals surface area contributed by atoms with E-state index in [1.54, 1.807) is 12.1 Å². The first-order valence-corrected chi connectivity index (χ1v) is 6.74. The Bertz CT molecular complexity index is 668. The first-order chi connectivity index (χ1) is 10.1. The second-order valence-electron chi connectivity index (χ2n) is 4.61. The van der Waals surface area contributed by atoms with E-state index < -0.39 is 10.5 Å². The van der Waals surface area contributed by atoms with Crippen molar-refractivity contribution >= 4 is 5.69 Å². The third kappa shape index (κ3) is 3.19. The number of nitrogens with one attached hydrogen (secondary N) is 1. The first kappa shape index (κ1) is 15.0. The molecule has 2 aromatic rings. The summed E-state index contributed by atoms with van der Waals surface area (Å²) in [5.41, 5.74) is 1.40. The minimum absolute atomic E-state index is 0.00915. The molecule has 0 aliphatic rings. The maximum absolute atomic E-state index is 11.8. The van der Waals surface area contributed by atoms with Gasteiger partial charge >= 0.3 is 5.63 Å². The number of non-ortho nitro benzene ring substituents is 1. The molecule has 112 valence electrons. The Hall–Kier alpha value is -2.41. The van der Waals surface area contributed by atoms with E-state index in [9.17, 15) is 14.9 Å². The van der Waals surface area contributed by atoms with Gasteiger partial charge in [0.2, 0.25) is 0 Å². The summed E-state index contributed by atoms with van der Waals surface area (Å²) in [6.07, 6.45) is 0. The highest BCUT2D eigenvalue weighted by atomic mass is 16.6. The fourth-order valence-electron chi connectivity index (χ4n) is 2.12. The summed E-state index contributed by atoms with van der Waals surface area (Å²) >= 11 is 0. The Morgan fingerprint density at radius 2 is 1.86 bits per heavy atom. The van der Waals surface area contributed by atoms with Crippen LogP contribution in [0, 0.1) is 10.1 Å². The fourth-order valence-corrected chi connectivity index (χ4v) is 2.12. The van der Waals surface area contributed by atoms with E-state index in [2.05, 4.69) is 10.1 Å². The summed E-state index contributed by atoms with van der Waals surface area (Å²) in [5, 5.41) is 13.3. The molecule has 1 N–H and O–H groups in total. The molecule has 0 bridgehead atoms. The molecule has 1 aromatic heterocycles. The van der Waals surface area contributed by atoms with Crippen LogP contribution in [-0.2, 0) is 6.54 Å². The number of aromatic amines is 1. The molecule has 1 heterocycles. The summed E-state index contributed by atoms with van der Waals surface area (Å²) in [6.45, 7) is 6.15. The number of nitrogens with zero attached hydrogens (tertiary/aromatic N) is 2. The predicted molar refractivity (Wildman–Crippen MR) is 78.0 cm³/mol. The van der Waals surface area contributed by atoms with Crippen molar-refractivity contribution in [3.8, 4) is 11.3 Å². The monoisotopic (exact) mass is 291 g/mol.